The van der Waals surface area contributed by atoms with Gasteiger partial charge in [-0.15, -0.1) is 0 Å². The Morgan fingerprint density at radius 2 is 2.07 bits per heavy atom. The van der Waals surface area contributed by atoms with Crippen LogP contribution in [0.2, 0.25) is 0 Å². The van der Waals surface area contributed by atoms with Crippen LogP contribution in [0, 0.1) is 5.82 Å². The first-order valence-electron chi connectivity index (χ1n) is 9.63. The van der Waals surface area contributed by atoms with Gasteiger partial charge in [-0.3, -0.25) is 9.69 Å². The standard InChI is InChI=1S/C20H22FN5O3/c21-16-5-1-2-6-17(16)26-11-10-25(20(26)28)13-19(27)24-9-3-4-15(12-24)29-18-7-8-22-14-23-18/h1-2,5-8,14-15H,3-4,9-13H2/t15-/m1/s1. The Bertz CT molecular complexity index is 881. The highest BCUT2D eigenvalue weighted by atomic mass is 19.1. The average molecular weight is 399 g/mol. The molecule has 2 aromatic rings. The van der Waals surface area contributed by atoms with Gasteiger partial charge in [-0.25, -0.2) is 19.2 Å². The number of hydrogen-bond acceptors (Lipinski definition) is 5. The van der Waals surface area contributed by atoms with Crippen LogP contribution >= 0.6 is 0 Å². The first-order valence-corrected chi connectivity index (χ1v) is 9.63. The molecule has 0 spiro atoms. The molecular formula is C20H22FN5O3. The molecular weight excluding hydrogens is 377 g/mol. The minimum absolute atomic E-state index is 0.0238. The number of rotatable bonds is 5. The van der Waals surface area contributed by atoms with Crippen LogP contribution in [0.15, 0.2) is 42.9 Å². The Morgan fingerprint density at radius 1 is 1.21 bits per heavy atom. The molecule has 4 rings (SSSR count). The third-order valence-electron chi connectivity index (χ3n) is 5.14. The van der Waals surface area contributed by atoms with Crippen LogP contribution in [0.4, 0.5) is 14.9 Å². The van der Waals surface area contributed by atoms with Crippen LogP contribution in [0.25, 0.3) is 0 Å². The van der Waals surface area contributed by atoms with Crippen LogP contribution < -0.4 is 9.64 Å². The van der Waals surface area contributed by atoms with Crippen molar-refractivity contribution in [2.45, 2.75) is 18.9 Å². The fourth-order valence-corrected chi connectivity index (χ4v) is 3.67. The molecule has 152 valence electrons. The van der Waals surface area contributed by atoms with Gasteiger partial charge in [0.2, 0.25) is 11.8 Å². The molecule has 2 fully saturated rings. The van der Waals surface area contributed by atoms with E-state index in [4.69, 9.17) is 4.74 Å². The van der Waals surface area contributed by atoms with E-state index in [0.717, 1.165) is 12.8 Å². The first kappa shape index (κ1) is 19.1. The molecule has 2 aliphatic rings. The number of urea groups is 1. The predicted molar refractivity (Wildman–Crippen MR) is 103 cm³/mol. The molecule has 2 aliphatic heterocycles. The SMILES string of the molecule is O=C(CN1CCN(c2ccccc2F)C1=O)N1CCC[C@@H](Oc2ccncn2)C1. The maximum absolute atomic E-state index is 14.0. The van der Waals surface area contributed by atoms with Crippen molar-refractivity contribution in [2.24, 2.45) is 0 Å². The van der Waals surface area contributed by atoms with Crippen LogP contribution in [0.3, 0.4) is 0 Å². The second kappa shape index (κ2) is 8.42. The highest BCUT2D eigenvalue weighted by molar-refractivity contribution is 5.96. The van der Waals surface area contributed by atoms with Gasteiger partial charge < -0.3 is 14.5 Å². The second-order valence-corrected chi connectivity index (χ2v) is 7.08. The number of piperidine rings is 1. The summed E-state index contributed by atoms with van der Waals surface area (Å²) in [6, 6.07) is 7.48. The van der Waals surface area contributed by atoms with Crippen molar-refractivity contribution in [3.63, 3.8) is 0 Å². The molecule has 0 saturated carbocycles. The van der Waals surface area contributed by atoms with Gasteiger partial charge in [-0.2, -0.15) is 0 Å². The molecule has 3 amide bonds. The van der Waals surface area contributed by atoms with E-state index in [2.05, 4.69) is 9.97 Å². The highest BCUT2D eigenvalue weighted by Gasteiger charge is 2.34. The summed E-state index contributed by atoms with van der Waals surface area (Å²) in [4.78, 5) is 37.9. The zero-order valence-corrected chi connectivity index (χ0v) is 15.9. The lowest BCUT2D eigenvalue weighted by atomic mass is 10.1. The summed E-state index contributed by atoms with van der Waals surface area (Å²) in [6.07, 6.45) is 4.52. The number of para-hydroxylation sites is 1. The van der Waals surface area contributed by atoms with Crippen molar-refractivity contribution in [1.82, 2.24) is 19.8 Å². The zero-order valence-electron chi connectivity index (χ0n) is 15.9. The molecule has 1 aromatic carbocycles. The van der Waals surface area contributed by atoms with E-state index < -0.39 is 5.82 Å². The summed E-state index contributed by atoms with van der Waals surface area (Å²) in [5.74, 6) is -0.103. The smallest absolute Gasteiger partial charge is 0.325 e. The predicted octanol–water partition coefficient (Wildman–Crippen LogP) is 1.93. The van der Waals surface area contributed by atoms with Gasteiger partial charge in [0, 0.05) is 31.9 Å². The number of nitrogens with zero attached hydrogens (tertiary/aromatic N) is 5. The fraction of sp³-hybridized carbons (Fsp3) is 0.400. The number of halogens is 1. The fourth-order valence-electron chi connectivity index (χ4n) is 3.67. The van der Waals surface area contributed by atoms with Gasteiger partial charge >= 0.3 is 6.03 Å². The maximum atomic E-state index is 14.0. The first-order chi connectivity index (χ1) is 14.1. The summed E-state index contributed by atoms with van der Waals surface area (Å²) < 4.78 is 19.8. The lowest BCUT2D eigenvalue weighted by molar-refractivity contribution is -0.134. The molecule has 29 heavy (non-hydrogen) atoms. The van der Waals surface area contributed by atoms with Gasteiger partial charge in [0.05, 0.1) is 12.2 Å². The second-order valence-electron chi connectivity index (χ2n) is 7.08. The molecule has 1 atom stereocenters. The molecule has 3 heterocycles. The van der Waals surface area contributed by atoms with E-state index >= 15 is 0 Å². The highest BCUT2D eigenvalue weighted by Crippen LogP contribution is 2.23. The molecule has 0 aliphatic carbocycles. The van der Waals surface area contributed by atoms with Crippen LogP contribution in [0.1, 0.15) is 12.8 Å². The Morgan fingerprint density at radius 3 is 2.86 bits per heavy atom. The van der Waals surface area contributed by atoms with Gasteiger partial charge in [-0.1, -0.05) is 12.1 Å². The number of aromatic nitrogens is 2. The largest absolute Gasteiger partial charge is 0.472 e. The number of carbonyl (C=O) groups excluding carboxylic acids is 2. The minimum atomic E-state index is -0.449. The van der Waals surface area contributed by atoms with Gasteiger partial charge in [0.15, 0.2) is 0 Å². The normalized spacial score (nSPS) is 19.6. The average Bonchev–Trinajstić information content (AvgIpc) is 3.09. The van der Waals surface area contributed by atoms with Gasteiger partial charge in [0.1, 0.15) is 24.8 Å². The van der Waals surface area contributed by atoms with Crippen molar-refractivity contribution in [1.29, 1.82) is 0 Å². The van der Waals surface area contributed by atoms with Crippen molar-refractivity contribution in [3.8, 4) is 5.88 Å². The van der Waals surface area contributed by atoms with Crippen LogP contribution in [-0.4, -0.2) is 70.5 Å². The minimum Gasteiger partial charge on any atom is -0.472 e. The van der Waals surface area contributed by atoms with Crippen molar-refractivity contribution < 1.29 is 18.7 Å². The summed E-state index contributed by atoms with van der Waals surface area (Å²) in [7, 11) is 0. The quantitative estimate of drug-likeness (QED) is 0.768. The van der Waals surface area contributed by atoms with Crippen LogP contribution in [-0.2, 0) is 4.79 Å². The zero-order chi connectivity index (χ0) is 20.2. The number of carbonyl (C=O) groups is 2. The van der Waals surface area contributed by atoms with Crippen molar-refractivity contribution in [3.05, 3.63) is 48.7 Å². The Hall–Kier alpha value is -3.23. The Balaban J connectivity index is 1.34. The number of likely N-dealkylation sites (tertiary alicyclic amines) is 1. The van der Waals surface area contributed by atoms with E-state index in [0.29, 0.717) is 32.1 Å². The van der Waals surface area contributed by atoms with E-state index in [1.54, 1.807) is 35.4 Å². The van der Waals surface area contributed by atoms with Gasteiger partial charge in [-0.05, 0) is 25.0 Å². The van der Waals surface area contributed by atoms with Gasteiger partial charge in [0.25, 0.3) is 0 Å². The van der Waals surface area contributed by atoms with Crippen molar-refractivity contribution >= 4 is 17.6 Å². The number of ether oxygens (including phenoxy) is 1. The van der Waals surface area contributed by atoms with Crippen molar-refractivity contribution in [2.75, 3.05) is 37.6 Å². The molecule has 0 radical (unpaired) electrons. The summed E-state index contributed by atoms with van der Waals surface area (Å²) in [5.41, 5.74) is 0.240. The summed E-state index contributed by atoms with van der Waals surface area (Å²) >= 11 is 0. The van der Waals surface area contributed by atoms with E-state index in [1.165, 1.54) is 22.2 Å². The van der Waals surface area contributed by atoms with E-state index in [1.807, 2.05) is 0 Å². The van der Waals surface area contributed by atoms with E-state index in [-0.39, 0.29) is 30.3 Å². The maximum Gasteiger partial charge on any atom is 0.325 e. The monoisotopic (exact) mass is 399 g/mol. The number of anilines is 1. The lowest BCUT2D eigenvalue weighted by Gasteiger charge is -2.33. The summed E-state index contributed by atoms with van der Waals surface area (Å²) in [6.45, 7) is 1.79. The third kappa shape index (κ3) is 4.28. The number of amides is 3. The molecule has 9 heteroatoms. The Labute approximate surface area is 167 Å². The molecule has 8 nitrogen and oxygen atoms in total. The molecule has 1 aromatic heterocycles. The summed E-state index contributed by atoms with van der Waals surface area (Å²) in [5, 5.41) is 0. The van der Waals surface area contributed by atoms with E-state index in [9.17, 15) is 14.0 Å². The molecule has 0 unspecified atom stereocenters. The number of benzene rings is 1. The topological polar surface area (TPSA) is 78.9 Å². The van der Waals surface area contributed by atoms with Crippen LogP contribution in [0.5, 0.6) is 5.88 Å². The number of hydrogen-bond donors (Lipinski definition) is 0. The third-order valence-corrected chi connectivity index (χ3v) is 5.14. The Kier molecular flexibility index (Phi) is 5.55. The lowest BCUT2D eigenvalue weighted by Crippen LogP contribution is -2.48. The molecule has 0 bridgehead atoms. The molecule has 2 saturated heterocycles. The molecule has 0 N–H and O–H groups in total.